The Morgan fingerprint density at radius 3 is 2.58 bits per heavy atom. The molecule has 0 aromatic heterocycles. The summed E-state index contributed by atoms with van der Waals surface area (Å²) in [5, 5.41) is 9.31. The van der Waals surface area contributed by atoms with E-state index in [1.807, 2.05) is 0 Å². The number of ether oxygens (including phenoxy) is 1. The second-order valence-corrected chi connectivity index (χ2v) is 6.47. The van der Waals surface area contributed by atoms with Crippen molar-refractivity contribution in [2.45, 2.75) is 24.1 Å². The van der Waals surface area contributed by atoms with Gasteiger partial charge in [0.1, 0.15) is 18.0 Å². The van der Waals surface area contributed by atoms with Gasteiger partial charge >= 0.3 is 0 Å². The highest BCUT2D eigenvalue weighted by Gasteiger charge is 2.38. The molecule has 106 valence electrons. The third-order valence-electron chi connectivity index (χ3n) is 3.19. The number of halogens is 1. The summed E-state index contributed by atoms with van der Waals surface area (Å²) in [5.41, 5.74) is 0.681. The summed E-state index contributed by atoms with van der Waals surface area (Å²) in [4.78, 5) is 0.0760. The fourth-order valence-electron chi connectivity index (χ4n) is 2.07. The van der Waals surface area contributed by atoms with Gasteiger partial charge in [0.15, 0.2) is 0 Å². The highest BCUT2D eigenvalue weighted by atomic mass is 32.2. The van der Waals surface area contributed by atoms with Crippen LogP contribution in [0.2, 0.25) is 0 Å². The van der Waals surface area contributed by atoms with Crippen LogP contribution < -0.4 is 4.74 Å². The van der Waals surface area contributed by atoms with Gasteiger partial charge in [-0.2, -0.15) is 4.31 Å². The van der Waals surface area contributed by atoms with E-state index >= 15 is 0 Å². The molecule has 1 saturated heterocycles. The molecule has 0 saturated carbocycles. The van der Waals surface area contributed by atoms with Crippen LogP contribution in [0.15, 0.2) is 23.1 Å². The van der Waals surface area contributed by atoms with Crippen LogP contribution >= 0.6 is 0 Å². The summed E-state index contributed by atoms with van der Waals surface area (Å²) in [7, 11) is -2.27. The standard InChI is InChI=1S/C12H16FNO4S/c1-8-5-9(3-4-12(8)18-2)19(16,17)14-6-10(13)11(15)7-14/h3-5,10-11,15H,6-7H2,1-2H3/t10-,11-/m1/s1. The maximum atomic E-state index is 13.2. The number of benzene rings is 1. The molecule has 7 heteroatoms. The lowest BCUT2D eigenvalue weighted by atomic mass is 10.2. The lowest BCUT2D eigenvalue weighted by Crippen LogP contribution is -2.29. The van der Waals surface area contributed by atoms with Crippen molar-refractivity contribution >= 4 is 10.0 Å². The van der Waals surface area contributed by atoms with E-state index in [1.54, 1.807) is 13.0 Å². The largest absolute Gasteiger partial charge is 0.496 e. The number of aryl methyl sites for hydroxylation is 1. The van der Waals surface area contributed by atoms with Crippen molar-refractivity contribution in [2.75, 3.05) is 20.2 Å². The molecule has 19 heavy (non-hydrogen) atoms. The third kappa shape index (κ3) is 2.58. The smallest absolute Gasteiger partial charge is 0.243 e. The number of alkyl halides is 1. The molecule has 1 aromatic rings. The second kappa shape index (κ2) is 5.07. The van der Waals surface area contributed by atoms with Gasteiger partial charge in [-0.1, -0.05) is 0 Å². The average Bonchev–Trinajstić information content (AvgIpc) is 2.70. The van der Waals surface area contributed by atoms with Gasteiger partial charge in [-0.05, 0) is 30.7 Å². The van der Waals surface area contributed by atoms with Crippen molar-refractivity contribution in [3.8, 4) is 5.75 Å². The molecule has 1 N–H and O–H groups in total. The van der Waals surface area contributed by atoms with Crippen LogP contribution in [0.25, 0.3) is 0 Å². The maximum Gasteiger partial charge on any atom is 0.243 e. The lowest BCUT2D eigenvalue weighted by molar-refractivity contribution is 0.117. The average molecular weight is 289 g/mol. The molecule has 2 atom stereocenters. The molecule has 1 aromatic carbocycles. The Kier molecular flexibility index (Phi) is 3.80. The Morgan fingerprint density at radius 1 is 1.42 bits per heavy atom. The Labute approximate surface area is 111 Å². The van der Waals surface area contributed by atoms with Crippen LogP contribution in [-0.2, 0) is 10.0 Å². The number of rotatable bonds is 3. The number of nitrogens with zero attached hydrogens (tertiary/aromatic N) is 1. The van der Waals surface area contributed by atoms with E-state index in [0.717, 1.165) is 4.31 Å². The zero-order chi connectivity index (χ0) is 14.2. The molecule has 0 unspecified atom stereocenters. The van der Waals surface area contributed by atoms with Crippen LogP contribution in [0.5, 0.6) is 5.75 Å². The third-order valence-corrected chi connectivity index (χ3v) is 5.02. The summed E-state index contributed by atoms with van der Waals surface area (Å²) < 4.78 is 43.8. The number of hydrogen-bond acceptors (Lipinski definition) is 4. The molecule has 1 aliphatic rings. The lowest BCUT2D eigenvalue weighted by Gasteiger charge is -2.16. The van der Waals surface area contributed by atoms with Crippen LogP contribution in [0.3, 0.4) is 0 Å². The predicted octanol–water partition coefficient (Wildman–Crippen LogP) is 0.707. The van der Waals surface area contributed by atoms with Gasteiger partial charge in [-0.15, -0.1) is 0 Å². The van der Waals surface area contributed by atoms with Crippen LogP contribution in [0.1, 0.15) is 5.56 Å². The number of aliphatic hydroxyl groups excluding tert-OH is 1. The molecule has 1 fully saturated rings. The van der Waals surface area contributed by atoms with E-state index in [0.29, 0.717) is 11.3 Å². The molecule has 0 bridgehead atoms. The molecule has 2 rings (SSSR count). The van der Waals surface area contributed by atoms with Gasteiger partial charge in [0.05, 0.1) is 12.0 Å². The number of aliphatic hydroxyl groups is 1. The highest BCUT2D eigenvalue weighted by Crippen LogP contribution is 2.26. The molecule has 1 heterocycles. The van der Waals surface area contributed by atoms with Crippen molar-refractivity contribution in [3.05, 3.63) is 23.8 Å². The van der Waals surface area contributed by atoms with Crippen molar-refractivity contribution < 1.29 is 22.7 Å². The van der Waals surface area contributed by atoms with Crippen LogP contribution in [0, 0.1) is 6.92 Å². The predicted molar refractivity (Wildman–Crippen MR) is 67.4 cm³/mol. The fraction of sp³-hybridized carbons (Fsp3) is 0.500. The molecule has 0 radical (unpaired) electrons. The quantitative estimate of drug-likeness (QED) is 0.890. The summed E-state index contributed by atoms with van der Waals surface area (Å²) >= 11 is 0. The normalized spacial score (nSPS) is 24.6. The first-order valence-corrected chi connectivity index (χ1v) is 7.27. The van der Waals surface area contributed by atoms with Gasteiger partial charge < -0.3 is 9.84 Å². The monoisotopic (exact) mass is 289 g/mol. The van der Waals surface area contributed by atoms with Crippen LogP contribution in [-0.4, -0.2) is 50.3 Å². The summed E-state index contributed by atoms with van der Waals surface area (Å²) in [6.45, 7) is 1.21. The number of β-amino-alcohol motifs (C(OH)–C–C–N with tert-alkyl or cyclic N) is 1. The summed E-state index contributed by atoms with van der Waals surface area (Å²) in [6.07, 6.45) is -2.79. The minimum atomic E-state index is -3.77. The van der Waals surface area contributed by atoms with Crippen molar-refractivity contribution in [2.24, 2.45) is 0 Å². The number of hydrogen-bond donors (Lipinski definition) is 1. The Balaban J connectivity index is 2.33. The van der Waals surface area contributed by atoms with Crippen molar-refractivity contribution in [1.29, 1.82) is 0 Å². The van der Waals surface area contributed by atoms with Gasteiger partial charge in [-0.25, -0.2) is 12.8 Å². The zero-order valence-corrected chi connectivity index (χ0v) is 11.5. The molecule has 0 aliphatic carbocycles. The molecular formula is C12H16FNO4S. The zero-order valence-electron chi connectivity index (χ0n) is 10.7. The maximum absolute atomic E-state index is 13.2. The van der Waals surface area contributed by atoms with Crippen molar-refractivity contribution in [1.82, 2.24) is 4.31 Å². The minimum absolute atomic E-state index is 0.0760. The summed E-state index contributed by atoms with van der Waals surface area (Å²) in [6, 6.07) is 4.45. The highest BCUT2D eigenvalue weighted by molar-refractivity contribution is 7.89. The van der Waals surface area contributed by atoms with E-state index in [4.69, 9.17) is 4.74 Å². The first kappa shape index (κ1) is 14.2. The van der Waals surface area contributed by atoms with E-state index in [-0.39, 0.29) is 18.0 Å². The molecule has 0 spiro atoms. The molecular weight excluding hydrogens is 273 g/mol. The van der Waals surface area contributed by atoms with E-state index < -0.39 is 22.3 Å². The van der Waals surface area contributed by atoms with Gasteiger partial charge in [0, 0.05) is 13.1 Å². The minimum Gasteiger partial charge on any atom is -0.496 e. The Morgan fingerprint density at radius 2 is 2.11 bits per heavy atom. The molecule has 5 nitrogen and oxygen atoms in total. The number of methoxy groups -OCH3 is 1. The molecule has 0 amide bonds. The Bertz CT molecular complexity index is 565. The van der Waals surface area contributed by atoms with Crippen LogP contribution in [0.4, 0.5) is 4.39 Å². The van der Waals surface area contributed by atoms with E-state index in [1.165, 1.54) is 19.2 Å². The van der Waals surface area contributed by atoms with Gasteiger partial charge in [0.25, 0.3) is 0 Å². The fourth-order valence-corrected chi connectivity index (χ4v) is 3.62. The topological polar surface area (TPSA) is 66.8 Å². The molecule has 1 aliphatic heterocycles. The first-order valence-electron chi connectivity index (χ1n) is 5.83. The first-order chi connectivity index (χ1) is 8.86. The summed E-state index contributed by atoms with van der Waals surface area (Å²) in [5.74, 6) is 0.587. The van der Waals surface area contributed by atoms with Crippen molar-refractivity contribution in [3.63, 3.8) is 0 Å². The second-order valence-electron chi connectivity index (χ2n) is 4.54. The van der Waals surface area contributed by atoms with E-state index in [2.05, 4.69) is 0 Å². The van der Waals surface area contributed by atoms with E-state index in [9.17, 15) is 17.9 Å². The van der Waals surface area contributed by atoms with Gasteiger partial charge in [0.2, 0.25) is 10.0 Å². The van der Waals surface area contributed by atoms with Gasteiger partial charge in [-0.3, -0.25) is 0 Å². The SMILES string of the molecule is COc1ccc(S(=O)(=O)N2C[C@@H](O)[C@H](F)C2)cc1C. The number of sulfonamides is 1. The Hall–Kier alpha value is -1.18.